The molecule has 1 amide bonds. The Labute approximate surface area is 173 Å². The fraction of sp³-hybridized carbons (Fsp3) is 0.125. The van der Waals surface area contributed by atoms with Crippen LogP contribution in [-0.4, -0.2) is 22.5 Å². The Morgan fingerprint density at radius 3 is 2.11 bits per heavy atom. The zero-order valence-electron chi connectivity index (χ0n) is 15.3. The van der Waals surface area contributed by atoms with E-state index in [9.17, 15) is 9.90 Å². The van der Waals surface area contributed by atoms with Gasteiger partial charge in [-0.05, 0) is 35.2 Å². The minimum absolute atomic E-state index is 0.160. The summed E-state index contributed by atoms with van der Waals surface area (Å²) in [5.74, 6) is -0.477. The Balaban J connectivity index is 1.72. The van der Waals surface area contributed by atoms with Gasteiger partial charge in [0, 0.05) is 16.6 Å². The Hall–Kier alpha value is -2.85. The molecule has 3 aromatic rings. The van der Waals surface area contributed by atoms with Crippen molar-refractivity contribution in [3.05, 3.63) is 112 Å². The Morgan fingerprint density at radius 1 is 0.857 bits per heavy atom. The predicted octanol–water partition coefficient (Wildman–Crippen LogP) is 5.54. The maximum atomic E-state index is 13.0. The van der Waals surface area contributed by atoms with Gasteiger partial charge in [-0.15, -0.1) is 0 Å². The summed E-state index contributed by atoms with van der Waals surface area (Å²) in [6.07, 6.45) is 0.731. The third-order valence-corrected chi connectivity index (χ3v) is 5.59. The summed E-state index contributed by atoms with van der Waals surface area (Å²) in [4.78, 5) is 14.7. The molecule has 0 aromatic heterocycles. The van der Waals surface area contributed by atoms with Gasteiger partial charge in [-0.1, -0.05) is 88.7 Å². The van der Waals surface area contributed by atoms with Gasteiger partial charge < -0.3 is 10.0 Å². The number of rotatable bonds is 5. The van der Waals surface area contributed by atoms with Gasteiger partial charge in [-0.25, -0.2) is 0 Å². The van der Waals surface area contributed by atoms with Crippen molar-refractivity contribution in [1.82, 2.24) is 4.90 Å². The molecule has 1 unspecified atom stereocenters. The van der Waals surface area contributed by atoms with Crippen molar-refractivity contribution in [3.63, 3.8) is 0 Å². The van der Waals surface area contributed by atoms with Gasteiger partial charge in [0.2, 0.25) is 0 Å². The zero-order valence-corrected chi connectivity index (χ0v) is 16.8. The zero-order chi connectivity index (χ0) is 19.5. The highest BCUT2D eigenvalue weighted by molar-refractivity contribution is 9.10. The first-order valence-electron chi connectivity index (χ1n) is 9.24. The van der Waals surface area contributed by atoms with Gasteiger partial charge >= 0.3 is 0 Å². The van der Waals surface area contributed by atoms with Crippen molar-refractivity contribution in [2.24, 2.45) is 0 Å². The van der Waals surface area contributed by atoms with Gasteiger partial charge in [0.15, 0.2) is 5.76 Å². The number of carbonyl (C=O) groups is 1. The summed E-state index contributed by atoms with van der Waals surface area (Å²) in [6.45, 7) is 0.532. The maximum absolute atomic E-state index is 13.0. The average molecular weight is 434 g/mol. The van der Waals surface area contributed by atoms with Crippen LogP contribution in [0.5, 0.6) is 0 Å². The fourth-order valence-corrected chi connectivity index (χ4v) is 3.95. The average Bonchev–Trinajstić information content (AvgIpc) is 2.99. The Bertz CT molecular complexity index is 998. The predicted molar refractivity (Wildman–Crippen MR) is 115 cm³/mol. The molecule has 28 heavy (non-hydrogen) atoms. The van der Waals surface area contributed by atoms with Crippen LogP contribution < -0.4 is 0 Å². The summed E-state index contributed by atoms with van der Waals surface area (Å²) in [5, 5.41) is 10.7. The highest BCUT2D eigenvalue weighted by atomic mass is 79.9. The third kappa shape index (κ3) is 3.60. The molecule has 0 fully saturated rings. The van der Waals surface area contributed by atoms with Crippen LogP contribution in [-0.2, 0) is 11.2 Å². The van der Waals surface area contributed by atoms with Gasteiger partial charge in [0.1, 0.15) is 0 Å². The Kier molecular flexibility index (Phi) is 5.31. The lowest BCUT2D eigenvalue weighted by Crippen LogP contribution is -2.32. The van der Waals surface area contributed by atoms with Crippen LogP contribution in [0, 0.1) is 0 Å². The number of halogens is 1. The van der Waals surface area contributed by atoms with Gasteiger partial charge in [-0.2, -0.15) is 0 Å². The molecule has 1 aliphatic rings. The molecule has 1 atom stereocenters. The first-order chi connectivity index (χ1) is 13.6. The number of benzene rings is 3. The molecule has 3 nitrogen and oxygen atoms in total. The van der Waals surface area contributed by atoms with Crippen molar-refractivity contribution >= 4 is 27.4 Å². The lowest BCUT2D eigenvalue weighted by molar-refractivity contribution is -0.129. The summed E-state index contributed by atoms with van der Waals surface area (Å²) >= 11 is 3.47. The molecule has 1 N–H and O–H groups in total. The molecule has 4 rings (SSSR count). The standard InChI is InChI=1S/C24H20BrNO2/c25-20-13-11-19(12-14-20)22-21(18-9-5-2-6-10-18)23(27)24(28)26(22)16-15-17-7-3-1-4-8-17/h1-14,22,27H,15-16H2. The lowest BCUT2D eigenvalue weighted by Gasteiger charge is -2.27. The van der Waals surface area contributed by atoms with Crippen LogP contribution in [0.25, 0.3) is 5.57 Å². The maximum Gasteiger partial charge on any atom is 0.289 e. The van der Waals surface area contributed by atoms with Crippen LogP contribution >= 0.6 is 15.9 Å². The van der Waals surface area contributed by atoms with Crippen LogP contribution in [0.2, 0.25) is 0 Å². The van der Waals surface area contributed by atoms with Crippen LogP contribution in [0.1, 0.15) is 22.7 Å². The molecule has 0 bridgehead atoms. The van der Waals surface area contributed by atoms with Gasteiger partial charge in [0.25, 0.3) is 5.91 Å². The van der Waals surface area contributed by atoms with E-state index < -0.39 is 0 Å². The molecule has 3 aromatic carbocycles. The van der Waals surface area contributed by atoms with E-state index in [0.29, 0.717) is 12.1 Å². The molecule has 4 heteroatoms. The van der Waals surface area contributed by atoms with Crippen molar-refractivity contribution in [1.29, 1.82) is 0 Å². The van der Waals surface area contributed by atoms with Crippen LogP contribution in [0.3, 0.4) is 0 Å². The van der Waals surface area contributed by atoms with E-state index in [1.54, 1.807) is 4.90 Å². The molecule has 140 valence electrons. The minimum Gasteiger partial charge on any atom is -0.503 e. The molecule has 0 saturated carbocycles. The number of aliphatic hydroxyl groups excluding tert-OH is 1. The van der Waals surface area contributed by atoms with E-state index in [4.69, 9.17) is 0 Å². The normalized spacial score (nSPS) is 16.7. The highest BCUT2D eigenvalue weighted by Gasteiger charge is 2.40. The van der Waals surface area contributed by atoms with Gasteiger partial charge in [0.05, 0.1) is 6.04 Å². The molecular formula is C24H20BrNO2. The minimum atomic E-state index is -0.317. The SMILES string of the molecule is O=C1C(O)=C(c2ccccc2)C(c2ccc(Br)cc2)N1CCc1ccccc1. The Morgan fingerprint density at radius 2 is 1.46 bits per heavy atom. The molecule has 0 spiro atoms. The van der Waals surface area contributed by atoms with Crippen LogP contribution in [0.15, 0.2) is 95.2 Å². The molecule has 1 heterocycles. The number of hydrogen-bond donors (Lipinski definition) is 1. The number of aliphatic hydroxyl groups is 1. The number of amides is 1. The lowest BCUT2D eigenvalue weighted by atomic mass is 9.93. The largest absolute Gasteiger partial charge is 0.503 e. The fourth-order valence-electron chi connectivity index (χ4n) is 3.68. The van der Waals surface area contributed by atoms with E-state index in [1.807, 2.05) is 72.8 Å². The molecule has 0 radical (unpaired) electrons. The van der Waals surface area contributed by atoms with E-state index in [-0.39, 0.29) is 17.7 Å². The quantitative estimate of drug-likeness (QED) is 0.573. The third-order valence-electron chi connectivity index (χ3n) is 5.06. The molecule has 1 aliphatic heterocycles. The van der Waals surface area contributed by atoms with E-state index in [2.05, 4.69) is 28.1 Å². The molecule has 0 saturated heterocycles. The van der Waals surface area contributed by atoms with E-state index >= 15 is 0 Å². The number of nitrogens with zero attached hydrogens (tertiary/aromatic N) is 1. The highest BCUT2D eigenvalue weighted by Crippen LogP contribution is 2.43. The monoisotopic (exact) mass is 433 g/mol. The second kappa shape index (κ2) is 8.03. The summed E-state index contributed by atoms with van der Waals surface area (Å²) in [7, 11) is 0. The summed E-state index contributed by atoms with van der Waals surface area (Å²) in [5.41, 5.74) is 3.68. The first kappa shape index (κ1) is 18.5. The van der Waals surface area contributed by atoms with Gasteiger partial charge in [-0.3, -0.25) is 4.79 Å². The van der Waals surface area contributed by atoms with Crippen molar-refractivity contribution in [2.45, 2.75) is 12.5 Å². The first-order valence-corrected chi connectivity index (χ1v) is 10.0. The van der Waals surface area contributed by atoms with E-state index in [1.165, 1.54) is 0 Å². The summed E-state index contributed by atoms with van der Waals surface area (Å²) < 4.78 is 0.978. The number of carbonyl (C=O) groups excluding carboxylic acids is 1. The molecule has 0 aliphatic carbocycles. The second-order valence-corrected chi connectivity index (χ2v) is 7.73. The number of hydrogen-bond acceptors (Lipinski definition) is 2. The molecular weight excluding hydrogens is 414 g/mol. The smallest absolute Gasteiger partial charge is 0.289 e. The van der Waals surface area contributed by atoms with E-state index in [0.717, 1.165) is 27.6 Å². The van der Waals surface area contributed by atoms with Crippen molar-refractivity contribution < 1.29 is 9.90 Å². The second-order valence-electron chi connectivity index (χ2n) is 6.82. The summed E-state index contributed by atoms with van der Waals surface area (Å²) in [6, 6.07) is 27.4. The van der Waals surface area contributed by atoms with Crippen molar-refractivity contribution in [2.75, 3.05) is 6.54 Å². The topological polar surface area (TPSA) is 40.5 Å². The van der Waals surface area contributed by atoms with Crippen molar-refractivity contribution in [3.8, 4) is 0 Å². The van der Waals surface area contributed by atoms with Crippen LogP contribution in [0.4, 0.5) is 0 Å².